The average Bonchev–Trinajstić information content (AvgIpc) is 3.13. The van der Waals surface area contributed by atoms with E-state index in [1.54, 1.807) is 0 Å². The Bertz CT molecular complexity index is 891. The number of amides is 1. The third-order valence-corrected chi connectivity index (χ3v) is 5.10. The maximum atomic E-state index is 12.8. The lowest BCUT2D eigenvalue weighted by Crippen LogP contribution is -2.40. The third kappa shape index (κ3) is 3.32. The van der Waals surface area contributed by atoms with E-state index in [1.165, 1.54) is 0 Å². The molecule has 1 fully saturated rings. The molecule has 3 heterocycles. The molecule has 0 bridgehead atoms. The minimum absolute atomic E-state index is 0.111. The van der Waals surface area contributed by atoms with Crippen LogP contribution in [0.15, 0.2) is 54.7 Å². The van der Waals surface area contributed by atoms with Gasteiger partial charge in [-0.1, -0.05) is 36.4 Å². The van der Waals surface area contributed by atoms with E-state index in [-0.39, 0.29) is 17.9 Å². The summed E-state index contributed by atoms with van der Waals surface area (Å²) in [6.07, 6.45) is 4.30. The van der Waals surface area contributed by atoms with Crippen LogP contribution in [0.25, 0.3) is 5.65 Å². The van der Waals surface area contributed by atoms with Crippen LogP contribution < -0.4 is 5.73 Å². The van der Waals surface area contributed by atoms with Gasteiger partial charge in [0.2, 0.25) is 5.91 Å². The lowest BCUT2D eigenvalue weighted by Gasteiger charge is -2.32. The fraction of sp³-hybridized carbons (Fsp3) is 0.350. The van der Waals surface area contributed by atoms with E-state index in [2.05, 4.69) is 10.2 Å². The number of likely N-dealkylation sites (tertiary alicyclic amines) is 1. The van der Waals surface area contributed by atoms with Crippen molar-refractivity contribution in [3.8, 4) is 0 Å². The van der Waals surface area contributed by atoms with Gasteiger partial charge >= 0.3 is 0 Å². The molecule has 1 aliphatic heterocycles. The van der Waals surface area contributed by atoms with E-state index < -0.39 is 0 Å². The van der Waals surface area contributed by atoms with Gasteiger partial charge in [0, 0.05) is 37.7 Å². The number of hydrogen-bond acceptors (Lipinski definition) is 4. The molecular formula is C20H23N5O. The molecule has 1 amide bonds. The molecule has 0 spiro atoms. The SMILES string of the molecule is NC(CC(=O)N1CCCC(c2nnc3ccccn23)C1)c1ccccc1. The molecule has 2 unspecified atom stereocenters. The maximum absolute atomic E-state index is 12.8. The first-order valence-electron chi connectivity index (χ1n) is 9.10. The van der Waals surface area contributed by atoms with Crippen LogP contribution in [-0.2, 0) is 4.79 Å². The van der Waals surface area contributed by atoms with E-state index in [4.69, 9.17) is 5.73 Å². The highest BCUT2D eigenvalue weighted by Gasteiger charge is 2.28. The standard InChI is InChI=1S/C20H23N5O/c21-17(15-7-2-1-3-8-15)13-19(26)24-11-6-9-16(14-24)20-23-22-18-10-4-5-12-25(18)20/h1-5,7-8,10,12,16-17H,6,9,11,13-14,21H2. The van der Waals surface area contributed by atoms with Gasteiger partial charge in [0.25, 0.3) is 0 Å². The summed E-state index contributed by atoms with van der Waals surface area (Å²) in [5.41, 5.74) is 8.07. The molecule has 26 heavy (non-hydrogen) atoms. The van der Waals surface area contributed by atoms with Gasteiger partial charge in [-0.15, -0.1) is 10.2 Å². The zero-order chi connectivity index (χ0) is 17.9. The van der Waals surface area contributed by atoms with E-state index >= 15 is 0 Å². The number of rotatable bonds is 4. The summed E-state index contributed by atoms with van der Waals surface area (Å²) in [5, 5.41) is 8.61. The Labute approximate surface area is 152 Å². The molecule has 134 valence electrons. The van der Waals surface area contributed by atoms with Crippen LogP contribution in [0.2, 0.25) is 0 Å². The molecule has 1 saturated heterocycles. The Hall–Kier alpha value is -2.73. The van der Waals surface area contributed by atoms with Gasteiger partial charge in [-0.3, -0.25) is 9.20 Å². The minimum atomic E-state index is -0.266. The molecule has 0 radical (unpaired) electrons. The first-order valence-corrected chi connectivity index (χ1v) is 9.10. The van der Waals surface area contributed by atoms with Crippen molar-refractivity contribution in [3.63, 3.8) is 0 Å². The van der Waals surface area contributed by atoms with Crippen LogP contribution in [0.5, 0.6) is 0 Å². The Balaban J connectivity index is 1.45. The normalized spacial score (nSPS) is 18.8. The second kappa shape index (κ2) is 7.25. The second-order valence-corrected chi connectivity index (χ2v) is 6.89. The van der Waals surface area contributed by atoms with Gasteiger partial charge in [0.15, 0.2) is 5.65 Å². The summed E-state index contributed by atoms with van der Waals surface area (Å²) in [4.78, 5) is 14.7. The van der Waals surface area contributed by atoms with Gasteiger partial charge in [-0.05, 0) is 30.5 Å². The predicted molar refractivity (Wildman–Crippen MR) is 99.5 cm³/mol. The number of nitrogens with two attached hydrogens (primary N) is 1. The van der Waals surface area contributed by atoms with Gasteiger partial charge in [-0.25, -0.2) is 0 Å². The summed E-state index contributed by atoms with van der Waals surface area (Å²) in [6.45, 7) is 1.46. The van der Waals surface area contributed by atoms with Crippen molar-refractivity contribution in [2.24, 2.45) is 5.73 Å². The van der Waals surface area contributed by atoms with Gasteiger partial charge in [0.1, 0.15) is 5.82 Å². The summed E-state index contributed by atoms with van der Waals surface area (Å²) in [6, 6.07) is 15.4. The lowest BCUT2D eigenvalue weighted by molar-refractivity contribution is -0.132. The molecule has 6 nitrogen and oxygen atoms in total. The van der Waals surface area contributed by atoms with E-state index in [0.29, 0.717) is 13.0 Å². The van der Waals surface area contributed by atoms with Crippen LogP contribution in [0.4, 0.5) is 0 Å². The van der Waals surface area contributed by atoms with E-state index in [1.807, 2.05) is 64.0 Å². The Morgan fingerprint density at radius 2 is 1.96 bits per heavy atom. The van der Waals surface area contributed by atoms with Crippen molar-refractivity contribution in [1.82, 2.24) is 19.5 Å². The van der Waals surface area contributed by atoms with Crippen LogP contribution in [-0.4, -0.2) is 38.5 Å². The van der Waals surface area contributed by atoms with Crippen molar-refractivity contribution in [2.75, 3.05) is 13.1 Å². The van der Waals surface area contributed by atoms with Gasteiger partial charge in [0.05, 0.1) is 0 Å². The number of carbonyl (C=O) groups is 1. The molecule has 2 atom stereocenters. The molecule has 2 N–H and O–H groups in total. The fourth-order valence-corrected chi connectivity index (χ4v) is 3.69. The molecular weight excluding hydrogens is 326 g/mol. The average molecular weight is 349 g/mol. The number of carbonyl (C=O) groups excluding carboxylic acids is 1. The smallest absolute Gasteiger partial charge is 0.224 e. The molecule has 0 aliphatic carbocycles. The zero-order valence-corrected chi connectivity index (χ0v) is 14.7. The zero-order valence-electron chi connectivity index (χ0n) is 14.7. The molecule has 0 saturated carbocycles. The topological polar surface area (TPSA) is 76.5 Å². The highest BCUT2D eigenvalue weighted by atomic mass is 16.2. The number of pyridine rings is 1. The van der Waals surface area contributed by atoms with E-state index in [9.17, 15) is 4.79 Å². The number of nitrogens with zero attached hydrogens (tertiary/aromatic N) is 4. The number of piperidine rings is 1. The van der Waals surface area contributed by atoms with Crippen molar-refractivity contribution < 1.29 is 4.79 Å². The number of aromatic nitrogens is 3. The molecule has 1 aliphatic rings. The maximum Gasteiger partial charge on any atom is 0.224 e. The third-order valence-electron chi connectivity index (χ3n) is 5.10. The molecule has 1 aromatic carbocycles. The largest absolute Gasteiger partial charge is 0.342 e. The summed E-state index contributed by atoms with van der Waals surface area (Å²) >= 11 is 0. The van der Waals surface area contributed by atoms with Crippen molar-refractivity contribution in [2.45, 2.75) is 31.2 Å². The monoisotopic (exact) mass is 349 g/mol. The Morgan fingerprint density at radius 3 is 2.81 bits per heavy atom. The summed E-state index contributed by atoms with van der Waals surface area (Å²) < 4.78 is 2.02. The number of fused-ring (bicyclic) bond motifs is 1. The fourth-order valence-electron chi connectivity index (χ4n) is 3.69. The van der Waals surface area contributed by atoms with Crippen LogP contribution in [0.3, 0.4) is 0 Å². The van der Waals surface area contributed by atoms with Crippen LogP contribution in [0.1, 0.15) is 42.6 Å². The Morgan fingerprint density at radius 1 is 1.15 bits per heavy atom. The predicted octanol–water partition coefficient (Wildman–Crippen LogP) is 2.53. The molecule has 6 heteroatoms. The van der Waals surface area contributed by atoms with E-state index in [0.717, 1.165) is 36.4 Å². The second-order valence-electron chi connectivity index (χ2n) is 6.89. The summed E-state index contributed by atoms with van der Waals surface area (Å²) in [5.74, 6) is 1.25. The van der Waals surface area contributed by atoms with Gasteiger partial charge < -0.3 is 10.6 Å². The molecule has 4 rings (SSSR count). The first-order chi connectivity index (χ1) is 12.7. The number of benzene rings is 1. The van der Waals surface area contributed by atoms with Crippen molar-refractivity contribution in [1.29, 1.82) is 0 Å². The highest BCUT2D eigenvalue weighted by Crippen LogP contribution is 2.27. The van der Waals surface area contributed by atoms with Gasteiger partial charge in [-0.2, -0.15) is 0 Å². The van der Waals surface area contributed by atoms with Crippen molar-refractivity contribution in [3.05, 3.63) is 66.1 Å². The molecule has 3 aromatic rings. The van der Waals surface area contributed by atoms with Crippen LogP contribution >= 0.6 is 0 Å². The minimum Gasteiger partial charge on any atom is -0.342 e. The number of hydrogen-bond donors (Lipinski definition) is 1. The highest BCUT2D eigenvalue weighted by molar-refractivity contribution is 5.77. The summed E-state index contributed by atoms with van der Waals surface area (Å²) in [7, 11) is 0. The lowest BCUT2D eigenvalue weighted by atomic mass is 9.96. The molecule has 2 aromatic heterocycles. The quantitative estimate of drug-likeness (QED) is 0.785. The van der Waals surface area contributed by atoms with Crippen LogP contribution in [0, 0.1) is 0 Å². The van der Waals surface area contributed by atoms with Crippen molar-refractivity contribution >= 4 is 11.6 Å². The first kappa shape index (κ1) is 16.7. The Kier molecular flexibility index (Phi) is 4.67.